The zero-order chi connectivity index (χ0) is 16.4. The van der Waals surface area contributed by atoms with Gasteiger partial charge in [0.1, 0.15) is 0 Å². The first kappa shape index (κ1) is 18.0. The minimum Gasteiger partial charge on any atom is -0.336 e. The van der Waals surface area contributed by atoms with Crippen molar-refractivity contribution in [1.29, 1.82) is 0 Å². The molecule has 1 atom stereocenters. The third kappa shape index (κ3) is 3.98. The predicted octanol–water partition coefficient (Wildman–Crippen LogP) is 3.49. The van der Waals surface area contributed by atoms with E-state index in [1.54, 1.807) is 11.8 Å². The second-order valence-electron chi connectivity index (χ2n) is 5.20. The number of benzene rings is 1. The Morgan fingerprint density at radius 3 is 2.29 bits per heavy atom. The van der Waals surface area contributed by atoms with E-state index >= 15 is 0 Å². The lowest BCUT2D eigenvalue weighted by Crippen LogP contribution is -2.38. The molecule has 0 radical (unpaired) electrons. The molecule has 0 N–H and O–H groups in total. The number of hydrogen-bond acceptors (Lipinski definition) is 3. The molecule has 21 heavy (non-hydrogen) atoms. The molecule has 0 aliphatic carbocycles. The molecule has 1 rings (SSSR count). The summed E-state index contributed by atoms with van der Waals surface area (Å²) in [6, 6.07) is 2.96. The molecule has 0 heterocycles. The number of aryl methyl sites for hydroxylation is 1. The van der Waals surface area contributed by atoms with Crippen LogP contribution in [-0.4, -0.2) is 31.8 Å². The van der Waals surface area contributed by atoms with Crippen LogP contribution < -0.4 is 0 Å². The van der Waals surface area contributed by atoms with Crippen LogP contribution in [0, 0.1) is 13.8 Å². The molecule has 6 heteroatoms. The number of nitrogens with zero attached hydrogens (tertiary/aromatic N) is 1. The van der Waals surface area contributed by atoms with Crippen LogP contribution in [0.1, 0.15) is 48.7 Å². The average Bonchev–Trinajstić information content (AvgIpc) is 2.40. The molecule has 118 valence electrons. The maximum absolute atomic E-state index is 12.7. The van der Waals surface area contributed by atoms with E-state index in [1.165, 1.54) is 12.1 Å². The van der Waals surface area contributed by atoms with E-state index in [9.17, 15) is 13.2 Å². The Morgan fingerprint density at radius 1 is 1.29 bits per heavy atom. The average molecular weight is 332 g/mol. The van der Waals surface area contributed by atoms with Crippen molar-refractivity contribution in [1.82, 2.24) is 4.90 Å². The van der Waals surface area contributed by atoms with Crippen LogP contribution >= 0.6 is 10.7 Å². The van der Waals surface area contributed by atoms with E-state index in [4.69, 9.17) is 10.7 Å². The van der Waals surface area contributed by atoms with Gasteiger partial charge in [-0.25, -0.2) is 8.42 Å². The summed E-state index contributed by atoms with van der Waals surface area (Å²) in [6.07, 6.45) is 0.838. The highest BCUT2D eigenvalue weighted by molar-refractivity contribution is 8.13. The monoisotopic (exact) mass is 331 g/mol. The molecule has 1 amide bonds. The fraction of sp³-hybridized carbons (Fsp3) is 0.533. The van der Waals surface area contributed by atoms with Crippen LogP contribution in [0.4, 0.5) is 0 Å². The molecule has 0 aliphatic heterocycles. The van der Waals surface area contributed by atoms with Gasteiger partial charge in [-0.15, -0.1) is 0 Å². The van der Waals surface area contributed by atoms with Gasteiger partial charge in [0, 0.05) is 28.8 Å². The van der Waals surface area contributed by atoms with Gasteiger partial charge in [0.25, 0.3) is 15.0 Å². The van der Waals surface area contributed by atoms with Gasteiger partial charge in [0.2, 0.25) is 0 Å². The third-order valence-corrected chi connectivity index (χ3v) is 5.21. The van der Waals surface area contributed by atoms with Gasteiger partial charge in [0.05, 0.1) is 4.90 Å². The Labute approximate surface area is 131 Å². The number of carbonyl (C=O) groups excluding carboxylic acids is 1. The maximum Gasteiger partial charge on any atom is 0.261 e. The van der Waals surface area contributed by atoms with Crippen LogP contribution in [0.25, 0.3) is 0 Å². The van der Waals surface area contributed by atoms with E-state index in [1.807, 2.05) is 27.7 Å². The molecular weight excluding hydrogens is 310 g/mol. The Balaban J connectivity index is 3.42. The Morgan fingerprint density at radius 2 is 1.86 bits per heavy atom. The van der Waals surface area contributed by atoms with E-state index in [0.717, 1.165) is 17.5 Å². The number of rotatable bonds is 5. The van der Waals surface area contributed by atoms with E-state index in [-0.39, 0.29) is 16.8 Å². The van der Waals surface area contributed by atoms with Crippen molar-refractivity contribution in [2.24, 2.45) is 0 Å². The van der Waals surface area contributed by atoms with Crippen LogP contribution in [0.3, 0.4) is 0 Å². The van der Waals surface area contributed by atoms with E-state index in [0.29, 0.717) is 12.1 Å². The van der Waals surface area contributed by atoms with Crippen molar-refractivity contribution in [3.63, 3.8) is 0 Å². The first-order valence-corrected chi connectivity index (χ1v) is 9.31. The summed E-state index contributed by atoms with van der Waals surface area (Å²) in [7, 11) is 1.56. The molecule has 0 aliphatic rings. The molecular formula is C15H22ClNO3S. The second-order valence-corrected chi connectivity index (χ2v) is 7.76. The van der Waals surface area contributed by atoms with Crippen molar-refractivity contribution < 1.29 is 13.2 Å². The lowest BCUT2D eigenvalue weighted by molar-refractivity contribution is 0.0699. The van der Waals surface area contributed by atoms with Gasteiger partial charge < -0.3 is 4.90 Å². The highest BCUT2D eigenvalue weighted by atomic mass is 35.7. The molecule has 0 saturated carbocycles. The Bertz CT molecular complexity index is 641. The van der Waals surface area contributed by atoms with E-state index < -0.39 is 9.05 Å². The highest BCUT2D eigenvalue weighted by Gasteiger charge is 2.23. The number of hydrogen-bond donors (Lipinski definition) is 0. The quantitative estimate of drug-likeness (QED) is 0.776. The van der Waals surface area contributed by atoms with Crippen molar-refractivity contribution in [3.8, 4) is 0 Å². The number of carbonyl (C=O) groups is 1. The van der Waals surface area contributed by atoms with Crippen LogP contribution in [0.2, 0.25) is 0 Å². The minimum atomic E-state index is -3.85. The van der Waals surface area contributed by atoms with Crippen molar-refractivity contribution in [3.05, 3.63) is 28.8 Å². The first-order valence-electron chi connectivity index (χ1n) is 7.00. The zero-order valence-corrected chi connectivity index (χ0v) is 14.7. The second kappa shape index (κ2) is 6.79. The maximum atomic E-state index is 12.7. The molecule has 1 unspecified atom stereocenters. The first-order chi connectivity index (χ1) is 9.63. The van der Waals surface area contributed by atoms with Gasteiger partial charge in [0.15, 0.2) is 0 Å². The van der Waals surface area contributed by atoms with Gasteiger partial charge in [-0.1, -0.05) is 6.92 Å². The predicted molar refractivity (Wildman–Crippen MR) is 85.4 cm³/mol. The Kier molecular flexibility index (Phi) is 5.82. The topological polar surface area (TPSA) is 54.5 Å². The van der Waals surface area contributed by atoms with Gasteiger partial charge >= 0.3 is 0 Å². The summed E-state index contributed by atoms with van der Waals surface area (Å²) in [4.78, 5) is 14.4. The molecule has 0 spiro atoms. The van der Waals surface area contributed by atoms with Crippen molar-refractivity contribution in [2.75, 3.05) is 6.54 Å². The lowest BCUT2D eigenvalue weighted by Gasteiger charge is -2.28. The van der Waals surface area contributed by atoms with Crippen LogP contribution in [-0.2, 0) is 9.05 Å². The molecule has 0 fully saturated rings. The summed E-state index contributed by atoms with van der Waals surface area (Å²) in [5, 5.41) is 0. The van der Waals surface area contributed by atoms with Gasteiger partial charge in [-0.2, -0.15) is 0 Å². The fourth-order valence-corrected chi connectivity index (χ4v) is 3.06. The highest BCUT2D eigenvalue weighted by Crippen LogP contribution is 2.24. The lowest BCUT2D eigenvalue weighted by atomic mass is 10.0. The zero-order valence-electron chi connectivity index (χ0n) is 13.1. The molecule has 4 nitrogen and oxygen atoms in total. The van der Waals surface area contributed by atoms with Crippen molar-refractivity contribution in [2.45, 2.75) is 52.0 Å². The minimum absolute atomic E-state index is 0.0316. The molecule has 1 aromatic carbocycles. The van der Waals surface area contributed by atoms with Crippen LogP contribution in [0.5, 0.6) is 0 Å². The fourth-order valence-electron chi connectivity index (χ4n) is 2.22. The summed E-state index contributed by atoms with van der Waals surface area (Å²) in [6.45, 7) is 10.1. The summed E-state index contributed by atoms with van der Waals surface area (Å²) in [5.74, 6) is -0.158. The molecule has 0 bridgehead atoms. The summed E-state index contributed by atoms with van der Waals surface area (Å²) < 4.78 is 23.1. The largest absolute Gasteiger partial charge is 0.336 e. The van der Waals surface area contributed by atoms with E-state index in [2.05, 4.69) is 0 Å². The summed E-state index contributed by atoms with van der Waals surface area (Å²) in [5.41, 5.74) is 1.92. The smallest absolute Gasteiger partial charge is 0.261 e. The molecule has 0 aromatic heterocycles. The molecule has 1 aromatic rings. The standard InChI is InChI=1S/C15H22ClNO3S/c1-6-11(4)17(7-2)15(18)14-9-13(21(16,19)20)8-10(3)12(14)5/h8-9,11H,6-7H2,1-5H3. The third-order valence-electron chi connectivity index (χ3n) is 3.88. The normalized spacial score (nSPS) is 13.0. The van der Waals surface area contributed by atoms with Crippen LogP contribution in [0.15, 0.2) is 17.0 Å². The SMILES string of the molecule is CCC(C)N(CC)C(=O)c1cc(S(=O)(=O)Cl)cc(C)c1C. The van der Waals surface area contributed by atoms with Crippen molar-refractivity contribution >= 4 is 25.6 Å². The molecule has 0 saturated heterocycles. The number of halogens is 1. The summed E-state index contributed by atoms with van der Waals surface area (Å²) >= 11 is 0. The Hall–Kier alpha value is -1.07. The number of amides is 1. The van der Waals surface area contributed by atoms with Gasteiger partial charge in [-0.3, -0.25) is 4.79 Å². The van der Waals surface area contributed by atoms with Gasteiger partial charge in [-0.05, 0) is 57.4 Å².